The predicted octanol–water partition coefficient (Wildman–Crippen LogP) is 3.69. The molecule has 1 atom stereocenters. The third-order valence-electron chi connectivity index (χ3n) is 3.71. The fourth-order valence-electron chi connectivity index (χ4n) is 2.22. The number of carbonyl (C=O) groups excluding carboxylic acids is 1. The molecule has 7 heteroatoms. The van der Waals surface area contributed by atoms with E-state index in [0.29, 0.717) is 17.4 Å². The number of rotatable bonds is 4. The summed E-state index contributed by atoms with van der Waals surface area (Å²) < 4.78 is 7.95. The van der Waals surface area contributed by atoms with Crippen molar-refractivity contribution in [3.63, 3.8) is 0 Å². The second-order valence-corrected chi connectivity index (χ2v) is 6.40. The first-order valence-corrected chi connectivity index (χ1v) is 8.00. The van der Waals surface area contributed by atoms with Gasteiger partial charge in [0.25, 0.3) is 0 Å². The van der Waals surface area contributed by atoms with E-state index in [1.165, 1.54) is 0 Å². The monoisotopic (exact) mass is 364 g/mol. The molecule has 0 saturated heterocycles. The van der Waals surface area contributed by atoms with Gasteiger partial charge in [-0.25, -0.2) is 4.79 Å². The number of nitrogens with zero attached hydrogens (tertiary/aromatic N) is 3. The molecular formula is C15H17BrN4O2. The Bertz CT molecular complexity index is 679. The maximum atomic E-state index is 12.0. The molecule has 6 nitrogen and oxygen atoms in total. The standard InChI is InChI=1S/C15H17BrN4O2/c1-9-14(17-15(21)22-10(2)11-3-4-11)20(19-18-9)13-7-5-12(16)6-8-13/h5-8,10-11H,3-4H2,1-2H3,(H,17,21). The average Bonchev–Trinajstić information content (AvgIpc) is 3.27. The first kappa shape index (κ1) is 15.0. The summed E-state index contributed by atoms with van der Waals surface area (Å²) in [6.45, 7) is 3.72. The molecule has 1 aliphatic rings. The van der Waals surface area contributed by atoms with Crippen LogP contribution in [0.1, 0.15) is 25.5 Å². The Hall–Kier alpha value is -1.89. The summed E-state index contributed by atoms with van der Waals surface area (Å²) in [4.78, 5) is 12.0. The van der Waals surface area contributed by atoms with Crippen molar-refractivity contribution in [2.75, 3.05) is 5.32 Å². The highest BCUT2D eigenvalue weighted by Crippen LogP contribution is 2.34. The lowest BCUT2D eigenvalue weighted by atomic mass is 10.3. The van der Waals surface area contributed by atoms with E-state index in [-0.39, 0.29) is 6.10 Å². The predicted molar refractivity (Wildman–Crippen MR) is 86.1 cm³/mol. The van der Waals surface area contributed by atoms with Gasteiger partial charge in [0.1, 0.15) is 11.8 Å². The number of carbonyl (C=O) groups is 1. The first-order valence-electron chi connectivity index (χ1n) is 7.20. The minimum atomic E-state index is -0.469. The smallest absolute Gasteiger partial charge is 0.413 e. The Labute approximate surface area is 137 Å². The van der Waals surface area contributed by atoms with Gasteiger partial charge in [0.2, 0.25) is 0 Å². The second kappa shape index (κ2) is 6.08. The Balaban J connectivity index is 1.76. The minimum absolute atomic E-state index is 0.0580. The van der Waals surface area contributed by atoms with Gasteiger partial charge < -0.3 is 4.74 Å². The van der Waals surface area contributed by atoms with Crippen LogP contribution >= 0.6 is 15.9 Å². The quantitative estimate of drug-likeness (QED) is 0.897. The van der Waals surface area contributed by atoms with Crippen molar-refractivity contribution < 1.29 is 9.53 Å². The molecule has 1 saturated carbocycles. The van der Waals surface area contributed by atoms with E-state index in [1.807, 2.05) is 31.2 Å². The SMILES string of the molecule is Cc1nnn(-c2ccc(Br)cc2)c1NC(=O)OC(C)C1CC1. The molecule has 22 heavy (non-hydrogen) atoms. The molecule has 0 bridgehead atoms. The highest BCUT2D eigenvalue weighted by atomic mass is 79.9. The number of ether oxygens (including phenoxy) is 1. The van der Waals surface area contributed by atoms with Crippen LogP contribution in [0.15, 0.2) is 28.7 Å². The number of aryl methyl sites for hydroxylation is 1. The average molecular weight is 365 g/mol. The van der Waals surface area contributed by atoms with Crippen molar-refractivity contribution in [3.8, 4) is 5.69 Å². The molecule has 2 aromatic rings. The van der Waals surface area contributed by atoms with E-state index in [4.69, 9.17) is 4.74 Å². The van der Waals surface area contributed by atoms with Crippen molar-refractivity contribution in [1.29, 1.82) is 0 Å². The van der Waals surface area contributed by atoms with Crippen LogP contribution in [-0.4, -0.2) is 27.2 Å². The van der Waals surface area contributed by atoms with Crippen molar-refractivity contribution in [2.45, 2.75) is 32.8 Å². The van der Waals surface area contributed by atoms with E-state index in [2.05, 4.69) is 31.6 Å². The highest BCUT2D eigenvalue weighted by molar-refractivity contribution is 9.10. The van der Waals surface area contributed by atoms with Crippen molar-refractivity contribution in [2.24, 2.45) is 5.92 Å². The largest absolute Gasteiger partial charge is 0.446 e. The molecule has 116 valence electrons. The Morgan fingerprint density at radius 3 is 2.73 bits per heavy atom. The molecule has 1 aliphatic carbocycles. The van der Waals surface area contributed by atoms with E-state index in [1.54, 1.807) is 11.6 Å². The van der Waals surface area contributed by atoms with Crippen molar-refractivity contribution >= 4 is 27.8 Å². The van der Waals surface area contributed by atoms with E-state index in [0.717, 1.165) is 23.0 Å². The topological polar surface area (TPSA) is 69.0 Å². The Morgan fingerprint density at radius 2 is 2.09 bits per heavy atom. The number of amides is 1. The summed E-state index contributed by atoms with van der Waals surface area (Å²) >= 11 is 3.39. The van der Waals surface area contributed by atoms with Gasteiger partial charge in [0, 0.05) is 4.47 Å². The van der Waals surface area contributed by atoms with Gasteiger partial charge in [-0.1, -0.05) is 21.1 Å². The van der Waals surface area contributed by atoms with E-state index < -0.39 is 6.09 Å². The fraction of sp³-hybridized carbons (Fsp3) is 0.400. The summed E-state index contributed by atoms with van der Waals surface area (Å²) in [7, 11) is 0. The van der Waals surface area contributed by atoms with Gasteiger partial charge in [-0.2, -0.15) is 4.68 Å². The number of hydrogen-bond donors (Lipinski definition) is 1. The second-order valence-electron chi connectivity index (χ2n) is 5.48. The molecule has 1 heterocycles. The number of anilines is 1. The third-order valence-corrected chi connectivity index (χ3v) is 4.24. The number of halogens is 1. The molecule has 3 rings (SSSR count). The maximum absolute atomic E-state index is 12.0. The molecule has 0 spiro atoms. The first-order chi connectivity index (χ1) is 10.5. The lowest BCUT2D eigenvalue weighted by Crippen LogP contribution is -2.23. The fourth-order valence-corrected chi connectivity index (χ4v) is 2.48. The molecule has 1 N–H and O–H groups in total. The van der Waals surface area contributed by atoms with Gasteiger partial charge in [0.05, 0.1) is 5.69 Å². The zero-order valence-electron chi connectivity index (χ0n) is 12.4. The maximum Gasteiger partial charge on any atom is 0.413 e. The van der Waals surface area contributed by atoms with Gasteiger partial charge in [-0.3, -0.25) is 5.32 Å². The normalized spacial score (nSPS) is 15.4. The van der Waals surface area contributed by atoms with Crippen LogP contribution in [0.3, 0.4) is 0 Å². The third kappa shape index (κ3) is 3.30. The molecule has 0 aliphatic heterocycles. The molecule has 1 amide bonds. The molecular weight excluding hydrogens is 348 g/mol. The van der Waals surface area contributed by atoms with E-state index >= 15 is 0 Å². The number of nitrogens with one attached hydrogen (secondary N) is 1. The highest BCUT2D eigenvalue weighted by Gasteiger charge is 2.31. The van der Waals surface area contributed by atoms with E-state index in [9.17, 15) is 4.79 Å². The zero-order chi connectivity index (χ0) is 15.7. The molecule has 0 radical (unpaired) electrons. The lowest BCUT2D eigenvalue weighted by molar-refractivity contribution is 0.108. The van der Waals surface area contributed by atoms with Crippen molar-refractivity contribution in [1.82, 2.24) is 15.0 Å². The molecule has 1 aromatic heterocycles. The van der Waals surface area contributed by atoms with Crippen LogP contribution in [-0.2, 0) is 4.74 Å². The molecule has 1 aromatic carbocycles. The molecule has 1 fully saturated rings. The van der Waals surface area contributed by atoms with Crippen LogP contribution in [0, 0.1) is 12.8 Å². The van der Waals surface area contributed by atoms with Crippen LogP contribution in [0.2, 0.25) is 0 Å². The van der Waals surface area contributed by atoms with Crippen molar-refractivity contribution in [3.05, 3.63) is 34.4 Å². The van der Waals surface area contributed by atoms with Gasteiger partial charge >= 0.3 is 6.09 Å². The summed E-state index contributed by atoms with van der Waals surface area (Å²) in [5, 5.41) is 10.9. The lowest BCUT2D eigenvalue weighted by Gasteiger charge is -2.14. The van der Waals surface area contributed by atoms with Crippen LogP contribution in [0.5, 0.6) is 0 Å². The summed E-state index contributed by atoms with van der Waals surface area (Å²) in [6, 6.07) is 7.59. The van der Waals surface area contributed by atoms with Gasteiger partial charge in [0.15, 0.2) is 5.82 Å². The molecule has 1 unspecified atom stereocenters. The Kier molecular flexibility index (Phi) is 4.15. The Morgan fingerprint density at radius 1 is 1.41 bits per heavy atom. The summed E-state index contributed by atoms with van der Waals surface area (Å²) in [5.74, 6) is 1.02. The van der Waals surface area contributed by atoms with Gasteiger partial charge in [-0.05, 0) is 56.9 Å². The van der Waals surface area contributed by atoms with Crippen LogP contribution in [0.25, 0.3) is 5.69 Å². The number of hydrogen-bond acceptors (Lipinski definition) is 4. The van der Waals surface area contributed by atoms with Crippen LogP contribution < -0.4 is 5.32 Å². The van der Waals surface area contributed by atoms with Crippen LogP contribution in [0.4, 0.5) is 10.6 Å². The summed E-state index contributed by atoms with van der Waals surface area (Å²) in [6.07, 6.45) is 1.73. The number of benzene rings is 1. The van der Waals surface area contributed by atoms with Gasteiger partial charge in [-0.15, -0.1) is 5.10 Å². The minimum Gasteiger partial charge on any atom is -0.446 e. The zero-order valence-corrected chi connectivity index (χ0v) is 14.0. The summed E-state index contributed by atoms with van der Waals surface area (Å²) in [5.41, 5.74) is 1.45. The number of aromatic nitrogens is 3.